The fourth-order valence-corrected chi connectivity index (χ4v) is 4.66. The lowest BCUT2D eigenvalue weighted by Gasteiger charge is -2.37. The smallest absolute Gasteiger partial charge is 0.280 e. The maximum atomic E-state index is 13.3. The zero-order valence-electron chi connectivity index (χ0n) is 16.4. The van der Waals surface area contributed by atoms with E-state index < -0.39 is 34.7 Å². The quantitative estimate of drug-likeness (QED) is 0.401. The van der Waals surface area contributed by atoms with Gasteiger partial charge in [0, 0.05) is 30.1 Å². The second kappa shape index (κ2) is 7.43. The normalized spacial score (nSPS) is 29.6. The van der Waals surface area contributed by atoms with Crippen molar-refractivity contribution in [1.29, 1.82) is 0 Å². The summed E-state index contributed by atoms with van der Waals surface area (Å²) in [6.07, 6.45) is -0.401. The van der Waals surface area contributed by atoms with Crippen LogP contribution in [0.3, 0.4) is 0 Å². The number of carbonyl (C=O) groups is 3. The molecule has 0 amide bonds. The minimum absolute atomic E-state index is 0.0840. The van der Waals surface area contributed by atoms with Crippen LogP contribution in [-0.2, 0) is 20.7 Å². The van der Waals surface area contributed by atoms with Crippen molar-refractivity contribution in [3.8, 4) is 0 Å². The van der Waals surface area contributed by atoms with Crippen LogP contribution < -0.4 is 0 Å². The summed E-state index contributed by atoms with van der Waals surface area (Å²) in [5.74, 6) is -2.68. The maximum absolute atomic E-state index is 13.3. The van der Waals surface area contributed by atoms with E-state index in [9.17, 15) is 23.2 Å². The first-order valence-corrected chi connectivity index (χ1v) is 9.53. The Balaban J connectivity index is 1.99. The molecular weight excluding hydrogens is 368 g/mol. The summed E-state index contributed by atoms with van der Waals surface area (Å²) in [6, 6.07) is 2.37. The summed E-state index contributed by atoms with van der Waals surface area (Å²) in [5, 5.41) is 0. The first-order chi connectivity index (χ1) is 13.1. The predicted octanol–water partition coefficient (Wildman–Crippen LogP) is 3.75. The molecule has 2 unspecified atom stereocenters. The summed E-state index contributed by atoms with van der Waals surface area (Å²) < 4.78 is 31.1. The minimum atomic E-state index is -2.77. The molecule has 2 bridgehead atoms. The number of ketones is 3. The third kappa shape index (κ3) is 3.41. The molecule has 0 aliphatic heterocycles. The first kappa shape index (κ1) is 20.7. The number of hydrogen-bond donors (Lipinski definition) is 0. The average Bonchev–Trinajstić information content (AvgIpc) is 2.95. The van der Waals surface area contributed by atoms with E-state index in [1.54, 1.807) is 0 Å². The molecule has 28 heavy (non-hydrogen) atoms. The standard InChI is InChI=1S/C21H25F2NO4/c1-20-8-9-21(2,11-20)18(27)15(17(20)26)16(25)12-6-7-14(19(22)23)24-13(12)5-4-10-28-3/h6-7,15,19H,4-5,8-11H2,1-3H3. The molecule has 1 aromatic heterocycles. The first-order valence-electron chi connectivity index (χ1n) is 9.53. The Bertz CT molecular complexity index is 797. The number of Topliss-reactive ketones (excluding diaryl/α,β-unsaturated/α-hetero) is 3. The summed E-state index contributed by atoms with van der Waals surface area (Å²) in [6.45, 7) is 4.00. The summed E-state index contributed by atoms with van der Waals surface area (Å²) in [5.41, 5.74) is -1.52. The van der Waals surface area contributed by atoms with Gasteiger partial charge in [-0.1, -0.05) is 13.8 Å². The van der Waals surface area contributed by atoms with Gasteiger partial charge in [-0.2, -0.15) is 0 Å². The van der Waals surface area contributed by atoms with Crippen molar-refractivity contribution >= 4 is 17.3 Å². The van der Waals surface area contributed by atoms with E-state index in [0.717, 1.165) is 6.07 Å². The van der Waals surface area contributed by atoms with Crippen LogP contribution in [0.1, 0.15) is 67.7 Å². The zero-order chi connectivity index (χ0) is 20.7. The van der Waals surface area contributed by atoms with Crippen molar-refractivity contribution in [2.75, 3.05) is 13.7 Å². The van der Waals surface area contributed by atoms with Gasteiger partial charge in [0.25, 0.3) is 6.43 Å². The van der Waals surface area contributed by atoms with Crippen LogP contribution in [0.15, 0.2) is 12.1 Å². The highest BCUT2D eigenvalue weighted by Gasteiger charge is 2.61. The van der Waals surface area contributed by atoms with Gasteiger partial charge in [0.15, 0.2) is 17.3 Å². The van der Waals surface area contributed by atoms with Crippen LogP contribution in [0.2, 0.25) is 0 Å². The Morgan fingerprint density at radius 3 is 2.36 bits per heavy atom. The molecule has 1 aromatic rings. The van der Waals surface area contributed by atoms with E-state index in [1.807, 2.05) is 13.8 Å². The Hall–Kier alpha value is -2.02. The van der Waals surface area contributed by atoms with Crippen molar-refractivity contribution in [3.63, 3.8) is 0 Å². The van der Waals surface area contributed by atoms with Gasteiger partial charge in [0.2, 0.25) is 0 Å². The SMILES string of the molecule is COCCCc1nc(C(F)F)ccc1C(=O)C1C(=O)C2(C)CCC(C)(C2)C1=O. The van der Waals surface area contributed by atoms with Crippen molar-refractivity contribution in [2.45, 2.75) is 52.4 Å². The lowest BCUT2D eigenvalue weighted by molar-refractivity contribution is -0.145. The number of hydrogen-bond acceptors (Lipinski definition) is 5. The molecule has 5 nitrogen and oxygen atoms in total. The van der Waals surface area contributed by atoms with Crippen LogP contribution in [0.5, 0.6) is 0 Å². The number of halogens is 2. The van der Waals surface area contributed by atoms with Crippen molar-refractivity contribution < 1.29 is 27.9 Å². The number of fused-ring (bicyclic) bond motifs is 2. The number of aromatic nitrogens is 1. The molecule has 1 heterocycles. The van der Waals surface area contributed by atoms with Gasteiger partial charge in [0.05, 0.1) is 5.69 Å². The van der Waals surface area contributed by atoms with Crippen LogP contribution in [0.4, 0.5) is 8.78 Å². The number of carbonyl (C=O) groups excluding carboxylic acids is 3. The van der Waals surface area contributed by atoms with Crippen LogP contribution in [0.25, 0.3) is 0 Å². The Labute approximate surface area is 162 Å². The topological polar surface area (TPSA) is 73.3 Å². The van der Waals surface area contributed by atoms with Gasteiger partial charge in [0.1, 0.15) is 11.6 Å². The Morgan fingerprint density at radius 1 is 1.21 bits per heavy atom. The molecule has 2 fully saturated rings. The third-order valence-electron chi connectivity index (χ3n) is 6.23. The molecular formula is C21H25F2NO4. The molecule has 0 radical (unpaired) electrons. The van der Waals surface area contributed by atoms with E-state index in [0.29, 0.717) is 32.3 Å². The number of pyridine rings is 1. The van der Waals surface area contributed by atoms with E-state index in [2.05, 4.69) is 4.98 Å². The lowest BCUT2D eigenvalue weighted by atomic mass is 9.63. The molecule has 3 rings (SSSR count). The molecule has 0 saturated heterocycles. The fourth-order valence-electron chi connectivity index (χ4n) is 4.66. The van der Waals surface area contributed by atoms with Gasteiger partial charge in [-0.05, 0) is 44.2 Å². The molecule has 0 spiro atoms. The van der Waals surface area contributed by atoms with Crippen LogP contribution in [-0.4, -0.2) is 36.1 Å². The average molecular weight is 393 g/mol. The number of alkyl halides is 2. The highest BCUT2D eigenvalue weighted by atomic mass is 19.3. The van der Waals surface area contributed by atoms with Crippen LogP contribution >= 0.6 is 0 Å². The van der Waals surface area contributed by atoms with Gasteiger partial charge in [-0.25, -0.2) is 8.78 Å². The number of nitrogens with zero attached hydrogens (tertiary/aromatic N) is 1. The van der Waals surface area contributed by atoms with E-state index >= 15 is 0 Å². The van der Waals surface area contributed by atoms with Crippen molar-refractivity contribution in [3.05, 3.63) is 29.1 Å². The van der Waals surface area contributed by atoms with Crippen molar-refractivity contribution in [1.82, 2.24) is 4.98 Å². The molecule has 0 N–H and O–H groups in total. The second-order valence-corrected chi connectivity index (χ2v) is 8.45. The maximum Gasteiger partial charge on any atom is 0.280 e. The zero-order valence-corrected chi connectivity index (χ0v) is 16.4. The van der Waals surface area contributed by atoms with Gasteiger partial charge >= 0.3 is 0 Å². The van der Waals surface area contributed by atoms with E-state index in [-0.39, 0.29) is 29.2 Å². The largest absolute Gasteiger partial charge is 0.385 e. The van der Waals surface area contributed by atoms with Gasteiger partial charge in [-0.3, -0.25) is 19.4 Å². The van der Waals surface area contributed by atoms with Gasteiger partial charge in [-0.15, -0.1) is 0 Å². The molecule has 152 valence electrons. The highest BCUT2D eigenvalue weighted by Crippen LogP contribution is 2.56. The highest BCUT2D eigenvalue weighted by molar-refractivity contribution is 6.28. The number of methoxy groups -OCH3 is 1. The minimum Gasteiger partial charge on any atom is -0.385 e. The summed E-state index contributed by atoms with van der Waals surface area (Å²) >= 11 is 0. The summed E-state index contributed by atoms with van der Waals surface area (Å²) in [4.78, 5) is 43.2. The summed E-state index contributed by atoms with van der Waals surface area (Å²) in [7, 11) is 1.52. The van der Waals surface area contributed by atoms with E-state index in [1.165, 1.54) is 13.2 Å². The molecule has 2 aliphatic carbocycles. The fraction of sp³-hybridized carbons (Fsp3) is 0.619. The monoisotopic (exact) mass is 393 g/mol. The number of aryl methyl sites for hydroxylation is 1. The molecule has 2 atom stereocenters. The van der Waals surface area contributed by atoms with Gasteiger partial charge < -0.3 is 4.74 Å². The molecule has 2 aliphatic rings. The Kier molecular flexibility index (Phi) is 5.49. The Morgan fingerprint density at radius 2 is 1.82 bits per heavy atom. The number of ether oxygens (including phenoxy) is 1. The molecule has 2 saturated carbocycles. The third-order valence-corrected chi connectivity index (χ3v) is 6.23. The van der Waals surface area contributed by atoms with E-state index in [4.69, 9.17) is 4.74 Å². The molecule has 0 aromatic carbocycles. The van der Waals surface area contributed by atoms with Crippen molar-refractivity contribution in [2.24, 2.45) is 16.7 Å². The lowest BCUT2D eigenvalue weighted by Crippen LogP contribution is -2.50. The molecule has 7 heteroatoms. The predicted molar refractivity (Wildman–Crippen MR) is 97.3 cm³/mol. The second-order valence-electron chi connectivity index (χ2n) is 8.45. The number of rotatable bonds is 7. The van der Waals surface area contributed by atoms with Crippen LogP contribution in [0, 0.1) is 16.7 Å².